The third kappa shape index (κ3) is 3.93. The number of methoxy groups -OCH3 is 1. The Bertz CT molecular complexity index is 1060. The zero-order valence-corrected chi connectivity index (χ0v) is 15.9. The van der Waals surface area contributed by atoms with E-state index in [1.54, 1.807) is 12.3 Å². The molecule has 7 nitrogen and oxygen atoms in total. The molecule has 3 aromatic rings. The normalized spacial score (nSPS) is 15.5. The highest BCUT2D eigenvalue weighted by molar-refractivity contribution is 5.76. The summed E-state index contributed by atoms with van der Waals surface area (Å²) in [4.78, 5) is 20.5. The summed E-state index contributed by atoms with van der Waals surface area (Å²) in [6.45, 7) is 0.693. The molecule has 1 aliphatic rings. The van der Waals surface area contributed by atoms with Gasteiger partial charge < -0.3 is 19.9 Å². The average molecular weight is 417 g/mol. The molecule has 0 radical (unpaired) electrons. The van der Waals surface area contributed by atoms with Crippen molar-refractivity contribution in [3.8, 4) is 11.3 Å². The van der Waals surface area contributed by atoms with Gasteiger partial charge in [0.25, 0.3) is 0 Å². The number of alkyl carbamates (subject to hydrolysis) is 1. The number of imidazole rings is 1. The van der Waals surface area contributed by atoms with Crippen molar-refractivity contribution in [1.82, 2.24) is 19.9 Å². The highest BCUT2D eigenvalue weighted by Crippen LogP contribution is 2.34. The molecule has 1 amide bonds. The molecule has 1 atom stereocenters. The van der Waals surface area contributed by atoms with Gasteiger partial charge in [-0.3, -0.25) is 0 Å². The lowest BCUT2D eigenvalue weighted by Crippen LogP contribution is -2.27. The molecule has 0 aliphatic carbocycles. The number of rotatable bonds is 4. The Morgan fingerprint density at radius 2 is 2.00 bits per heavy atom. The predicted molar refractivity (Wildman–Crippen MR) is 103 cm³/mol. The topological polar surface area (TPSA) is 81.1 Å². The van der Waals surface area contributed by atoms with Crippen molar-refractivity contribution in [3.63, 3.8) is 0 Å². The number of fused-ring (bicyclic) bond motifs is 1. The van der Waals surface area contributed by atoms with Gasteiger partial charge in [0.05, 0.1) is 24.4 Å². The van der Waals surface area contributed by atoms with Crippen molar-refractivity contribution in [2.24, 2.45) is 0 Å². The van der Waals surface area contributed by atoms with Gasteiger partial charge in [0.15, 0.2) is 0 Å². The van der Waals surface area contributed by atoms with E-state index in [2.05, 4.69) is 25.3 Å². The number of amides is 1. The van der Waals surface area contributed by atoms with E-state index in [4.69, 9.17) is 0 Å². The maximum Gasteiger partial charge on any atom is 0.416 e. The van der Waals surface area contributed by atoms with E-state index in [0.717, 1.165) is 12.1 Å². The second-order valence-corrected chi connectivity index (χ2v) is 6.75. The molecule has 0 bridgehead atoms. The number of pyridine rings is 1. The van der Waals surface area contributed by atoms with Crippen molar-refractivity contribution in [1.29, 1.82) is 0 Å². The minimum absolute atomic E-state index is 0.255. The number of alkyl halides is 3. The molecule has 0 spiro atoms. The lowest BCUT2D eigenvalue weighted by molar-refractivity contribution is -0.137. The SMILES string of the molecule is COC(=O)N[C@@H]1CCn2cc(-c3cccnc3Nc3ccc(C(F)(F)F)cc3)nc21. The number of nitrogens with one attached hydrogen (secondary N) is 2. The Balaban J connectivity index is 1.59. The Labute approximate surface area is 169 Å². The Morgan fingerprint density at radius 3 is 2.70 bits per heavy atom. The molecule has 0 fully saturated rings. The molecular formula is C20H18F3N5O2. The Hall–Kier alpha value is -3.56. The van der Waals surface area contributed by atoms with Crippen LogP contribution in [-0.4, -0.2) is 27.7 Å². The van der Waals surface area contributed by atoms with Gasteiger partial charge in [0.2, 0.25) is 0 Å². The first kappa shape index (κ1) is 19.7. The highest BCUT2D eigenvalue weighted by atomic mass is 19.4. The minimum Gasteiger partial charge on any atom is -0.453 e. The van der Waals surface area contributed by atoms with E-state index >= 15 is 0 Å². The number of carbonyl (C=O) groups is 1. The fraction of sp³-hybridized carbons (Fsp3) is 0.250. The van der Waals surface area contributed by atoms with E-state index in [1.807, 2.05) is 16.8 Å². The predicted octanol–water partition coefficient (Wildman–Crippen LogP) is 4.51. The third-order valence-electron chi connectivity index (χ3n) is 4.81. The second kappa shape index (κ2) is 7.69. The monoisotopic (exact) mass is 417 g/mol. The van der Waals surface area contributed by atoms with Gasteiger partial charge >= 0.3 is 12.3 Å². The second-order valence-electron chi connectivity index (χ2n) is 6.75. The van der Waals surface area contributed by atoms with Crippen molar-refractivity contribution in [2.45, 2.75) is 25.2 Å². The first-order valence-electron chi connectivity index (χ1n) is 9.16. The first-order valence-corrected chi connectivity index (χ1v) is 9.16. The summed E-state index contributed by atoms with van der Waals surface area (Å²) in [5.41, 5.74) is 1.09. The largest absolute Gasteiger partial charge is 0.453 e. The molecule has 0 saturated heterocycles. The molecular weight excluding hydrogens is 399 g/mol. The number of aromatic nitrogens is 3. The summed E-state index contributed by atoms with van der Waals surface area (Å²) in [6, 6.07) is 8.05. The van der Waals surface area contributed by atoms with Crippen LogP contribution in [0.5, 0.6) is 0 Å². The van der Waals surface area contributed by atoms with Gasteiger partial charge in [-0.15, -0.1) is 0 Å². The summed E-state index contributed by atoms with van der Waals surface area (Å²) < 4.78 is 44.9. The molecule has 1 aliphatic heterocycles. The van der Waals surface area contributed by atoms with Crippen molar-refractivity contribution >= 4 is 17.6 Å². The summed E-state index contributed by atoms with van der Waals surface area (Å²) in [5, 5.41) is 5.80. The maximum absolute atomic E-state index is 12.8. The van der Waals surface area contributed by atoms with E-state index in [1.165, 1.54) is 19.2 Å². The number of ether oxygens (including phenoxy) is 1. The van der Waals surface area contributed by atoms with Crippen LogP contribution in [0.2, 0.25) is 0 Å². The summed E-state index contributed by atoms with van der Waals surface area (Å²) in [5.74, 6) is 1.17. The van der Waals surface area contributed by atoms with Crippen LogP contribution >= 0.6 is 0 Å². The Kier molecular flexibility index (Phi) is 5.06. The first-order chi connectivity index (χ1) is 14.3. The number of carbonyl (C=O) groups excluding carboxylic acids is 1. The number of aryl methyl sites for hydroxylation is 1. The molecule has 3 heterocycles. The maximum atomic E-state index is 12.8. The van der Waals surface area contributed by atoms with Crippen molar-refractivity contribution in [2.75, 3.05) is 12.4 Å². The average Bonchev–Trinajstić information content (AvgIpc) is 3.30. The van der Waals surface area contributed by atoms with Crippen LogP contribution in [-0.2, 0) is 17.5 Å². The van der Waals surface area contributed by atoms with Crippen molar-refractivity contribution < 1.29 is 22.7 Å². The number of nitrogens with zero attached hydrogens (tertiary/aromatic N) is 3. The minimum atomic E-state index is -4.39. The molecule has 156 valence electrons. The molecule has 2 aromatic heterocycles. The van der Waals surface area contributed by atoms with E-state index in [0.29, 0.717) is 41.6 Å². The zero-order valence-electron chi connectivity index (χ0n) is 15.9. The summed E-state index contributed by atoms with van der Waals surface area (Å²) in [7, 11) is 1.30. The van der Waals surface area contributed by atoms with Crippen LogP contribution < -0.4 is 10.6 Å². The molecule has 0 unspecified atom stereocenters. The number of hydrogen-bond acceptors (Lipinski definition) is 5. The zero-order chi connectivity index (χ0) is 21.3. The Morgan fingerprint density at radius 1 is 1.23 bits per heavy atom. The van der Waals surface area contributed by atoms with Gasteiger partial charge in [-0.05, 0) is 42.8 Å². The van der Waals surface area contributed by atoms with Crippen LogP contribution in [0.1, 0.15) is 23.9 Å². The van der Waals surface area contributed by atoms with E-state index in [-0.39, 0.29) is 6.04 Å². The van der Waals surface area contributed by atoms with Crippen LogP contribution in [0, 0.1) is 0 Å². The molecule has 2 N–H and O–H groups in total. The number of halogens is 3. The summed E-state index contributed by atoms with van der Waals surface area (Å²) >= 11 is 0. The van der Waals surface area contributed by atoms with Crippen molar-refractivity contribution in [3.05, 3.63) is 60.2 Å². The van der Waals surface area contributed by atoms with E-state index in [9.17, 15) is 18.0 Å². The molecule has 4 rings (SSSR count). The van der Waals surface area contributed by atoms with Gasteiger partial charge in [-0.1, -0.05) is 0 Å². The van der Waals surface area contributed by atoms with Crippen LogP contribution in [0.15, 0.2) is 48.8 Å². The van der Waals surface area contributed by atoms with Crippen LogP contribution in [0.25, 0.3) is 11.3 Å². The molecule has 30 heavy (non-hydrogen) atoms. The van der Waals surface area contributed by atoms with Crippen LogP contribution in [0.3, 0.4) is 0 Å². The van der Waals surface area contributed by atoms with Gasteiger partial charge in [-0.2, -0.15) is 13.2 Å². The third-order valence-corrected chi connectivity index (χ3v) is 4.81. The van der Waals surface area contributed by atoms with E-state index < -0.39 is 17.8 Å². The smallest absolute Gasteiger partial charge is 0.416 e. The van der Waals surface area contributed by atoms with Gasteiger partial charge in [0.1, 0.15) is 11.6 Å². The highest BCUT2D eigenvalue weighted by Gasteiger charge is 2.30. The molecule has 1 aromatic carbocycles. The number of hydrogen-bond donors (Lipinski definition) is 2. The molecule has 0 saturated carbocycles. The standard InChI is InChI=1S/C20H18F3N5O2/c1-30-19(29)27-15-8-10-28-11-16(26-18(15)28)14-3-2-9-24-17(14)25-13-6-4-12(5-7-13)20(21,22)23/h2-7,9,11,15H,8,10H2,1H3,(H,24,25)(H,27,29)/t15-/m1/s1. The molecule has 10 heteroatoms. The van der Waals surface area contributed by atoms with Gasteiger partial charge in [0, 0.05) is 30.2 Å². The van der Waals surface area contributed by atoms with Gasteiger partial charge in [-0.25, -0.2) is 14.8 Å². The number of anilines is 2. The lowest BCUT2D eigenvalue weighted by Gasteiger charge is -2.12. The fourth-order valence-corrected chi connectivity index (χ4v) is 3.34. The fourth-order valence-electron chi connectivity index (χ4n) is 3.34. The lowest BCUT2D eigenvalue weighted by atomic mass is 10.1. The summed E-state index contributed by atoms with van der Waals surface area (Å²) in [6.07, 6.45) is -0.754. The van der Waals surface area contributed by atoms with Crippen LogP contribution in [0.4, 0.5) is 29.5 Å². The number of benzene rings is 1. The quantitative estimate of drug-likeness (QED) is 0.653.